The third-order valence-corrected chi connectivity index (χ3v) is 4.42. The van der Waals surface area contributed by atoms with Crippen molar-refractivity contribution in [2.45, 2.75) is 19.8 Å². The number of rotatable bonds is 3. The highest BCUT2D eigenvalue weighted by Crippen LogP contribution is 2.24. The lowest BCUT2D eigenvalue weighted by molar-refractivity contribution is -0.139. The first-order valence-electron chi connectivity index (χ1n) is 8.28. The largest absolute Gasteiger partial charge is 0.426 e. The number of aromatic nitrogens is 5. The van der Waals surface area contributed by atoms with Gasteiger partial charge in [-0.05, 0) is 60.0 Å². The van der Waals surface area contributed by atoms with Crippen molar-refractivity contribution in [3.05, 3.63) is 42.0 Å². The minimum Gasteiger partial charge on any atom is -0.426 e. The topological polar surface area (TPSA) is 85.5 Å². The molecule has 1 aliphatic rings. The van der Waals surface area contributed by atoms with Crippen LogP contribution < -0.4 is 9.64 Å². The molecule has 3 aromatic rings. The average Bonchev–Trinajstić information content (AvgIpc) is 3.09. The van der Waals surface area contributed by atoms with E-state index in [4.69, 9.17) is 4.74 Å². The third kappa shape index (κ3) is 3.28. The molecule has 0 radical (unpaired) electrons. The first-order chi connectivity index (χ1) is 12.2. The Labute approximate surface area is 144 Å². The van der Waals surface area contributed by atoms with Gasteiger partial charge in [0.25, 0.3) is 0 Å². The molecule has 1 fully saturated rings. The molecule has 0 bridgehead atoms. The maximum Gasteiger partial charge on any atom is 0.314 e. The van der Waals surface area contributed by atoms with Crippen LogP contribution in [0.25, 0.3) is 5.65 Å². The fraction of sp³-hybridized carbons (Fsp3) is 0.353. The van der Waals surface area contributed by atoms with Crippen LogP contribution in [0.5, 0.6) is 5.75 Å². The number of tetrazole rings is 1. The Bertz CT molecular complexity index is 901. The number of piperidine rings is 1. The lowest BCUT2D eigenvalue weighted by Crippen LogP contribution is -2.38. The molecule has 0 unspecified atom stereocenters. The minimum atomic E-state index is -0.158. The second kappa shape index (κ2) is 6.46. The van der Waals surface area contributed by atoms with Crippen LogP contribution in [0.2, 0.25) is 0 Å². The Morgan fingerprint density at radius 3 is 2.84 bits per heavy atom. The van der Waals surface area contributed by atoms with Crippen molar-refractivity contribution < 1.29 is 9.53 Å². The van der Waals surface area contributed by atoms with Crippen molar-refractivity contribution in [3.63, 3.8) is 0 Å². The van der Waals surface area contributed by atoms with E-state index in [0.29, 0.717) is 11.4 Å². The van der Waals surface area contributed by atoms with Crippen LogP contribution in [0.3, 0.4) is 0 Å². The van der Waals surface area contributed by atoms with Gasteiger partial charge in [-0.1, -0.05) is 12.1 Å². The van der Waals surface area contributed by atoms with E-state index in [-0.39, 0.29) is 11.9 Å². The molecule has 3 heterocycles. The molecule has 0 aliphatic carbocycles. The summed E-state index contributed by atoms with van der Waals surface area (Å²) in [4.78, 5) is 14.5. The maximum atomic E-state index is 12.4. The quantitative estimate of drug-likeness (QED) is 0.530. The molecule has 0 saturated carbocycles. The first-order valence-corrected chi connectivity index (χ1v) is 8.28. The van der Waals surface area contributed by atoms with Gasteiger partial charge in [-0.15, -0.1) is 14.8 Å². The number of benzene rings is 1. The lowest BCUT2D eigenvalue weighted by Gasteiger charge is -2.31. The molecule has 25 heavy (non-hydrogen) atoms. The van der Waals surface area contributed by atoms with E-state index in [2.05, 4.69) is 25.5 Å². The van der Waals surface area contributed by atoms with E-state index in [1.807, 2.05) is 43.3 Å². The highest BCUT2D eigenvalue weighted by Gasteiger charge is 2.27. The summed E-state index contributed by atoms with van der Waals surface area (Å²) in [6, 6.07) is 11.3. The van der Waals surface area contributed by atoms with Crippen LogP contribution in [0.1, 0.15) is 18.4 Å². The molecule has 4 rings (SSSR count). The molecule has 128 valence electrons. The van der Waals surface area contributed by atoms with Crippen molar-refractivity contribution in [2.75, 3.05) is 18.0 Å². The zero-order chi connectivity index (χ0) is 17.2. The van der Waals surface area contributed by atoms with Crippen LogP contribution in [0.15, 0.2) is 36.4 Å². The SMILES string of the molecule is Cc1cccc(OC(=O)C2CCN(c3ccc4nnnn4n3)CC2)c1. The van der Waals surface area contributed by atoms with Crippen molar-refractivity contribution >= 4 is 17.4 Å². The van der Waals surface area contributed by atoms with Gasteiger partial charge in [0.2, 0.25) is 0 Å². The molecule has 8 nitrogen and oxygen atoms in total. The number of carbonyl (C=O) groups is 1. The van der Waals surface area contributed by atoms with Gasteiger partial charge in [-0.25, -0.2) is 0 Å². The number of ether oxygens (including phenoxy) is 1. The lowest BCUT2D eigenvalue weighted by atomic mass is 9.97. The van der Waals surface area contributed by atoms with E-state index >= 15 is 0 Å². The van der Waals surface area contributed by atoms with Crippen molar-refractivity contribution in [2.24, 2.45) is 5.92 Å². The van der Waals surface area contributed by atoms with Crippen LogP contribution in [0.4, 0.5) is 5.82 Å². The van der Waals surface area contributed by atoms with Crippen LogP contribution >= 0.6 is 0 Å². The van der Waals surface area contributed by atoms with Crippen LogP contribution in [0, 0.1) is 12.8 Å². The number of aryl methyl sites for hydroxylation is 1. The van der Waals surface area contributed by atoms with Gasteiger partial charge in [0, 0.05) is 13.1 Å². The zero-order valence-electron chi connectivity index (χ0n) is 13.9. The predicted octanol–water partition coefficient (Wildman–Crippen LogP) is 1.65. The average molecular weight is 338 g/mol. The molecular weight excluding hydrogens is 320 g/mol. The van der Waals surface area contributed by atoms with Gasteiger partial charge in [0.1, 0.15) is 5.75 Å². The first kappa shape index (κ1) is 15.5. The van der Waals surface area contributed by atoms with E-state index in [1.54, 1.807) is 0 Å². The molecule has 0 amide bonds. The van der Waals surface area contributed by atoms with E-state index in [9.17, 15) is 4.79 Å². The standard InChI is InChI=1S/C17H18N6O2/c1-12-3-2-4-14(11-12)25-17(24)13-7-9-22(10-8-13)16-6-5-15-18-20-21-23(15)19-16/h2-6,11,13H,7-10H2,1H3. The molecule has 2 aromatic heterocycles. The number of nitrogens with zero attached hydrogens (tertiary/aromatic N) is 6. The Morgan fingerprint density at radius 1 is 1.20 bits per heavy atom. The summed E-state index contributed by atoms with van der Waals surface area (Å²) >= 11 is 0. The maximum absolute atomic E-state index is 12.4. The molecule has 0 N–H and O–H groups in total. The van der Waals surface area contributed by atoms with E-state index in [0.717, 1.165) is 37.3 Å². The fourth-order valence-corrected chi connectivity index (χ4v) is 3.03. The highest BCUT2D eigenvalue weighted by atomic mass is 16.5. The monoisotopic (exact) mass is 338 g/mol. The van der Waals surface area contributed by atoms with E-state index in [1.165, 1.54) is 4.63 Å². The second-order valence-electron chi connectivity index (χ2n) is 6.22. The Kier molecular flexibility index (Phi) is 4.01. The summed E-state index contributed by atoms with van der Waals surface area (Å²) in [7, 11) is 0. The van der Waals surface area contributed by atoms with Crippen molar-refractivity contribution in [3.8, 4) is 5.75 Å². The zero-order valence-corrected chi connectivity index (χ0v) is 13.9. The number of hydrogen-bond acceptors (Lipinski definition) is 7. The van der Waals surface area contributed by atoms with Gasteiger partial charge in [0.15, 0.2) is 11.5 Å². The molecule has 8 heteroatoms. The molecule has 0 atom stereocenters. The summed E-state index contributed by atoms with van der Waals surface area (Å²) in [5.41, 5.74) is 1.68. The summed E-state index contributed by atoms with van der Waals surface area (Å²) in [6.07, 6.45) is 1.47. The molecule has 1 aromatic carbocycles. The Balaban J connectivity index is 1.38. The van der Waals surface area contributed by atoms with Crippen molar-refractivity contribution in [1.29, 1.82) is 0 Å². The Hall–Kier alpha value is -3.03. The molecular formula is C17H18N6O2. The normalized spacial score (nSPS) is 15.5. The molecule has 1 saturated heterocycles. The second-order valence-corrected chi connectivity index (χ2v) is 6.22. The summed E-state index contributed by atoms with van der Waals surface area (Å²) < 4.78 is 6.93. The number of esters is 1. The van der Waals surface area contributed by atoms with Gasteiger partial charge >= 0.3 is 5.97 Å². The third-order valence-electron chi connectivity index (χ3n) is 4.42. The summed E-state index contributed by atoms with van der Waals surface area (Å²) in [5.74, 6) is 1.17. The smallest absolute Gasteiger partial charge is 0.314 e. The summed E-state index contributed by atoms with van der Waals surface area (Å²) in [5, 5.41) is 15.6. The van der Waals surface area contributed by atoms with E-state index < -0.39 is 0 Å². The fourth-order valence-electron chi connectivity index (χ4n) is 3.03. The number of hydrogen-bond donors (Lipinski definition) is 0. The van der Waals surface area contributed by atoms with Crippen LogP contribution in [-0.4, -0.2) is 44.3 Å². The minimum absolute atomic E-state index is 0.0893. The number of fused-ring (bicyclic) bond motifs is 1. The van der Waals surface area contributed by atoms with Gasteiger partial charge in [0.05, 0.1) is 5.92 Å². The summed E-state index contributed by atoms with van der Waals surface area (Å²) in [6.45, 7) is 3.47. The van der Waals surface area contributed by atoms with Gasteiger partial charge in [-0.3, -0.25) is 4.79 Å². The molecule has 1 aliphatic heterocycles. The van der Waals surface area contributed by atoms with Crippen molar-refractivity contribution in [1.82, 2.24) is 25.3 Å². The highest BCUT2D eigenvalue weighted by molar-refractivity contribution is 5.75. The Morgan fingerprint density at radius 2 is 2.04 bits per heavy atom. The van der Waals surface area contributed by atoms with Gasteiger partial charge < -0.3 is 9.64 Å². The number of anilines is 1. The number of carbonyl (C=O) groups excluding carboxylic acids is 1. The van der Waals surface area contributed by atoms with Crippen LogP contribution in [-0.2, 0) is 4.79 Å². The molecule has 0 spiro atoms. The predicted molar refractivity (Wildman–Crippen MR) is 90.3 cm³/mol. The van der Waals surface area contributed by atoms with Gasteiger partial charge in [-0.2, -0.15) is 0 Å².